The number of sulfonamides is 1. The average Bonchev–Trinajstić information content (AvgIpc) is 2.72. The fourth-order valence-corrected chi connectivity index (χ4v) is 3.48. The van der Waals surface area contributed by atoms with Crippen LogP contribution in [0.15, 0.2) is 27.5 Å². The minimum Gasteiger partial charge on any atom is -0.399 e. The van der Waals surface area contributed by atoms with Gasteiger partial charge in [-0.1, -0.05) is 12.1 Å². The Bertz CT molecular complexity index is 836. The number of hydrogen-bond donors (Lipinski definition) is 0. The van der Waals surface area contributed by atoms with E-state index in [2.05, 4.69) is 4.40 Å². The summed E-state index contributed by atoms with van der Waals surface area (Å²) in [5.41, 5.74) is -2.69. The summed E-state index contributed by atoms with van der Waals surface area (Å²) in [6, 6.07) is 2.42. The van der Waals surface area contributed by atoms with E-state index in [1.54, 1.807) is 41.8 Å². The van der Waals surface area contributed by atoms with Gasteiger partial charge in [0.05, 0.1) is 21.7 Å². The lowest BCUT2D eigenvalue weighted by atomic mass is 9.78. The molecule has 27 heavy (non-hydrogen) atoms. The second-order valence-corrected chi connectivity index (χ2v) is 9.10. The number of alkyl halides is 3. The molecule has 150 valence electrons. The van der Waals surface area contributed by atoms with Gasteiger partial charge < -0.3 is 14.2 Å². The van der Waals surface area contributed by atoms with Crippen molar-refractivity contribution in [3.63, 3.8) is 0 Å². The molecule has 0 saturated carbocycles. The quantitative estimate of drug-likeness (QED) is 0.436. The summed E-state index contributed by atoms with van der Waals surface area (Å²) in [5, 5.41) is 0. The number of rotatable bonds is 4. The minimum absolute atomic E-state index is 0.0300. The fraction of sp³-hybridized carbons (Fsp3) is 0.562. The molecule has 1 aromatic carbocycles. The molecule has 0 unspecified atom stereocenters. The highest BCUT2D eigenvalue weighted by molar-refractivity contribution is 7.90. The van der Waals surface area contributed by atoms with Gasteiger partial charge in [-0.2, -0.15) is 21.6 Å². The second kappa shape index (κ2) is 6.79. The molecule has 1 fully saturated rings. The number of nitrogens with zero attached hydrogens (tertiary/aromatic N) is 2. The van der Waals surface area contributed by atoms with Crippen LogP contribution in [0.1, 0.15) is 33.3 Å². The van der Waals surface area contributed by atoms with Crippen molar-refractivity contribution in [2.45, 2.75) is 50.0 Å². The van der Waals surface area contributed by atoms with Crippen LogP contribution in [0.25, 0.3) is 0 Å². The Morgan fingerprint density at radius 1 is 1.11 bits per heavy atom. The van der Waals surface area contributed by atoms with E-state index < -0.39 is 45.0 Å². The first-order valence-electron chi connectivity index (χ1n) is 8.10. The molecule has 0 bridgehead atoms. The first kappa shape index (κ1) is 21.7. The zero-order valence-electron chi connectivity index (χ0n) is 16.0. The minimum atomic E-state index is -4.70. The molecule has 0 N–H and O–H groups in total. The Hall–Kier alpha value is -1.59. The van der Waals surface area contributed by atoms with Crippen molar-refractivity contribution in [1.29, 1.82) is 0 Å². The molecule has 0 aromatic heterocycles. The Balaban J connectivity index is 2.62. The van der Waals surface area contributed by atoms with E-state index in [-0.39, 0.29) is 5.46 Å². The lowest BCUT2D eigenvalue weighted by Crippen LogP contribution is -2.41. The molecule has 11 heteroatoms. The third-order valence-corrected chi connectivity index (χ3v) is 5.82. The molecule has 0 aliphatic carbocycles. The monoisotopic (exact) mass is 406 g/mol. The molecule has 0 radical (unpaired) electrons. The Labute approximate surface area is 157 Å². The molecule has 1 aliphatic rings. The summed E-state index contributed by atoms with van der Waals surface area (Å²) < 4.78 is 79.7. The van der Waals surface area contributed by atoms with Gasteiger partial charge in [0, 0.05) is 19.6 Å². The van der Waals surface area contributed by atoms with Crippen LogP contribution in [0.2, 0.25) is 0 Å². The second-order valence-electron chi connectivity index (χ2n) is 7.50. The van der Waals surface area contributed by atoms with Crippen molar-refractivity contribution in [1.82, 2.24) is 4.90 Å². The molecule has 0 atom stereocenters. The predicted octanol–water partition coefficient (Wildman–Crippen LogP) is 2.28. The lowest BCUT2D eigenvalue weighted by Gasteiger charge is -2.32. The molecule has 1 aliphatic heterocycles. The first-order valence-corrected chi connectivity index (χ1v) is 9.54. The number of halogens is 3. The Morgan fingerprint density at radius 3 is 2.07 bits per heavy atom. The van der Waals surface area contributed by atoms with Crippen LogP contribution in [0.4, 0.5) is 13.2 Å². The van der Waals surface area contributed by atoms with Crippen molar-refractivity contribution >= 4 is 28.9 Å². The third kappa shape index (κ3) is 4.46. The van der Waals surface area contributed by atoms with Gasteiger partial charge in [-0.05, 0) is 33.8 Å². The third-order valence-electron chi connectivity index (χ3n) is 4.54. The van der Waals surface area contributed by atoms with Gasteiger partial charge in [0.2, 0.25) is 0 Å². The summed E-state index contributed by atoms with van der Waals surface area (Å²) in [7, 11) is -2.47. The fourth-order valence-electron chi connectivity index (χ4n) is 2.31. The van der Waals surface area contributed by atoms with Gasteiger partial charge in [0.15, 0.2) is 0 Å². The maximum absolute atomic E-state index is 13.1. The predicted molar refractivity (Wildman–Crippen MR) is 96.5 cm³/mol. The largest absolute Gasteiger partial charge is 0.496 e. The SMILES string of the molecule is CN(C)/C=N/S(=O)(=O)c1cc(C(F)(F)F)ccc1B1OC(C)(C)C(C)(C)O1. The van der Waals surface area contributed by atoms with Crippen molar-refractivity contribution in [3.05, 3.63) is 23.8 Å². The van der Waals surface area contributed by atoms with Crippen molar-refractivity contribution < 1.29 is 30.9 Å². The van der Waals surface area contributed by atoms with E-state index in [0.717, 1.165) is 18.5 Å². The lowest BCUT2D eigenvalue weighted by molar-refractivity contribution is -0.137. The maximum Gasteiger partial charge on any atom is 0.496 e. The van der Waals surface area contributed by atoms with E-state index in [9.17, 15) is 21.6 Å². The summed E-state index contributed by atoms with van der Waals surface area (Å²) in [4.78, 5) is 0.758. The summed E-state index contributed by atoms with van der Waals surface area (Å²) in [6.45, 7) is 7.04. The van der Waals surface area contributed by atoms with Crippen LogP contribution >= 0.6 is 0 Å². The molecule has 0 spiro atoms. The van der Waals surface area contributed by atoms with E-state index in [1.807, 2.05) is 0 Å². The standard InChI is InChI=1S/C16H22BF3N2O4S/c1-14(2)15(3,4)26-17(25-14)12-8-7-11(16(18,19)20)9-13(12)27(23,24)21-10-22(5)6/h7-10H,1-6H3/b21-10+. The molecule has 6 nitrogen and oxygen atoms in total. The summed E-state index contributed by atoms with van der Waals surface area (Å²) >= 11 is 0. The van der Waals surface area contributed by atoms with Crippen LogP contribution in [0.5, 0.6) is 0 Å². The highest BCUT2D eigenvalue weighted by Crippen LogP contribution is 2.37. The molecular weight excluding hydrogens is 384 g/mol. The van der Waals surface area contributed by atoms with Crippen LogP contribution in [-0.4, -0.2) is 52.1 Å². The van der Waals surface area contributed by atoms with Gasteiger partial charge >= 0.3 is 13.3 Å². The smallest absolute Gasteiger partial charge is 0.399 e. The van der Waals surface area contributed by atoms with Gasteiger partial charge in [0.25, 0.3) is 10.0 Å². The highest BCUT2D eigenvalue weighted by Gasteiger charge is 2.53. The van der Waals surface area contributed by atoms with Crippen LogP contribution in [0, 0.1) is 0 Å². The molecule has 1 aromatic rings. The summed E-state index contributed by atoms with van der Waals surface area (Å²) in [6.07, 6.45) is -3.70. The molecular formula is C16H22BF3N2O4S. The van der Waals surface area contributed by atoms with E-state index in [0.29, 0.717) is 6.07 Å². The summed E-state index contributed by atoms with van der Waals surface area (Å²) in [5.74, 6) is 0. The van der Waals surface area contributed by atoms with E-state index in [4.69, 9.17) is 9.31 Å². The molecule has 1 heterocycles. The Morgan fingerprint density at radius 2 is 1.63 bits per heavy atom. The Kier molecular flexibility index (Phi) is 5.46. The van der Waals surface area contributed by atoms with Gasteiger partial charge in [-0.15, -0.1) is 4.40 Å². The van der Waals surface area contributed by atoms with Crippen LogP contribution < -0.4 is 5.46 Å². The topological polar surface area (TPSA) is 68.2 Å². The highest BCUT2D eigenvalue weighted by atomic mass is 32.2. The van der Waals surface area contributed by atoms with E-state index >= 15 is 0 Å². The molecule has 0 amide bonds. The number of hydrogen-bond acceptors (Lipinski definition) is 4. The zero-order valence-corrected chi connectivity index (χ0v) is 16.8. The van der Waals surface area contributed by atoms with Crippen LogP contribution in [-0.2, 0) is 25.5 Å². The maximum atomic E-state index is 13.1. The molecule has 2 rings (SSSR count). The van der Waals surface area contributed by atoms with E-state index in [1.165, 1.54) is 4.90 Å². The molecule has 1 saturated heterocycles. The zero-order chi connectivity index (χ0) is 20.8. The van der Waals surface area contributed by atoms with Crippen LogP contribution in [0.3, 0.4) is 0 Å². The van der Waals surface area contributed by atoms with Crippen molar-refractivity contribution in [2.75, 3.05) is 14.1 Å². The van der Waals surface area contributed by atoms with Crippen molar-refractivity contribution in [2.24, 2.45) is 4.40 Å². The van der Waals surface area contributed by atoms with Gasteiger partial charge in [-0.25, -0.2) is 0 Å². The number of benzene rings is 1. The van der Waals surface area contributed by atoms with Gasteiger partial charge in [-0.3, -0.25) is 0 Å². The normalized spacial score (nSPS) is 19.7. The first-order chi connectivity index (χ1) is 12.1. The van der Waals surface area contributed by atoms with Gasteiger partial charge in [0.1, 0.15) is 6.34 Å². The van der Waals surface area contributed by atoms with Crippen molar-refractivity contribution in [3.8, 4) is 0 Å². The average molecular weight is 406 g/mol.